The Morgan fingerprint density at radius 1 is 1.47 bits per heavy atom. The van der Waals surface area contributed by atoms with Gasteiger partial charge in [-0.15, -0.1) is 0 Å². The van der Waals surface area contributed by atoms with E-state index in [-0.39, 0.29) is 0 Å². The van der Waals surface area contributed by atoms with Gasteiger partial charge in [0.2, 0.25) is 0 Å². The molecule has 0 aliphatic carbocycles. The number of benzene rings is 1. The van der Waals surface area contributed by atoms with E-state index in [0.717, 1.165) is 19.5 Å². The summed E-state index contributed by atoms with van der Waals surface area (Å²) < 4.78 is 0. The molecule has 3 nitrogen and oxygen atoms in total. The molecule has 17 heavy (non-hydrogen) atoms. The molecule has 0 spiro atoms. The van der Waals surface area contributed by atoms with E-state index in [2.05, 4.69) is 23.1 Å². The van der Waals surface area contributed by atoms with Crippen molar-refractivity contribution in [1.82, 2.24) is 4.90 Å². The molecule has 1 aliphatic heterocycles. The van der Waals surface area contributed by atoms with E-state index < -0.39 is 11.5 Å². The average Bonchev–Trinajstić information content (AvgIpc) is 2.35. The van der Waals surface area contributed by atoms with E-state index in [1.807, 2.05) is 25.1 Å². The third-order valence-electron chi connectivity index (χ3n) is 3.62. The van der Waals surface area contributed by atoms with Crippen molar-refractivity contribution in [3.8, 4) is 6.07 Å². The number of aliphatic hydroxyl groups excluding tert-OH is 1. The number of rotatable bonds is 2. The fraction of sp³-hybridized carbons (Fsp3) is 0.500. The fourth-order valence-electron chi connectivity index (χ4n) is 2.21. The largest absolute Gasteiger partial charge is 0.390 e. The van der Waals surface area contributed by atoms with E-state index >= 15 is 0 Å². The summed E-state index contributed by atoms with van der Waals surface area (Å²) in [5.74, 6) is 0. The van der Waals surface area contributed by atoms with Gasteiger partial charge in [-0.1, -0.05) is 30.3 Å². The predicted molar refractivity (Wildman–Crippen MR) is 66.1 cm³/mol. The summed E-state index contributed by atoms with van der Waals surface area (Å²) in [5.41, 5.74) is 0.674. The van der Waals surface area contributed by atoms with Crippen molar-refractivity contribution in [3.05, 3.63) is 35.9 Å². The first-order valence-electron chi connectivity index (χ1n) is 6.00. The molecule has 1 heterocycles. The molecule has 1 aromatic carbocycles. The number of nitrogens with zero attached hydrogens (tertiary/aromatic N) is 2. The minimum absolute atomic E-state index is 0.551. The highest BCUT2D eigenvalue weighted by Crippen LogP contribution is 2.30. The number of aliphatic hydroxyl groups is 1. The van der Waals surface area contributed by atoms with Crippen molar-refractivity contribution in [3.63, 3.8) is 0 Å². The van der Waals surface area contributed by atoms with Crippen LogP contribution in [0.25, 0.3) is 0 Å². The quantitative estimate of drug-likeness (QED) is 0.842. The van der Waals surface area contributed by atoms with Crippen LogP contribution in [0.15, 0.2) is 30.3 Å². The molecule has 0 bridgehead atoms. The van der Waals surface area contributed by atoms with Gasteiger partial charge in [-0.2, -0.15) is 5.26 Å². The average molecular weight is 230 g/mol. The van der Waals surface area contributed by atoms with Crippen molar-refractivity contribution in [2.45, 2.75) is 26.0 Å². The number of hydrogen-bond donors (Lipinski definition) is 1. The van der Waals surface area contributed by atoms with Gasteiger partial charge in [-0.3, -0.25) is 4.90 Å². The van der Waals surface area contributed by atoms with Crippen LogP contribution in [-0.4, -0.2) is 29.2 Å². The first-order valence-corrected chi connectivity index (χ1v) is 6.00. The molecule has 1 aliphatic rings. The molecule has 1 fully saturated rings. The Hall–Kier alpha value is -1.37. The summed E-state index contributed by atoms with van der Waals surface area (Å²) in [5, 5.41) is 19.1. The molecular weight excluding hydrogens is 212 g/mol. The van der Waals surface area contributed by atoms with Crippen molar-refractivity contribution in [1.29, 1.82) is 5.26 Å². The van der Waals surface area contributed by atoms with Crippen molar-refractivity contribution >= 4 is 0 Å². The van der Waals surface area contributed by atoms with Gasteiger partial charge in [0.25, 0.3) is 0 Å². The van der Waals surface area contributed by atoms with Gasteiger partial charge >= 0.3 is 0 Å². The highest BCUT2D eigenvalue weighted by atomic mass is 16.3. The normalized spacial score (nSPS) is 29.8. The second kappa shape index (κ2) is 4.87. The zero-order valence-electron chi connectivity index (χ0n) is 10.1. The Bertz CT molecular complexity index is 412. The molecule has 3 heteroatoms. The molecule has 2 unspecified atom stereocenters. The van der Waals surface area contributed by atoms with Gasteiger partial charge in [-0.25, -0.2) is 0 Å². The Morgan fingerprint density at radius 3 is 2.76 bits per heavy atom. The summed E-state index contributed by atoms with van der Waals surface area (Å²) in [6.45, 7) is 4.14. The van der Waals surface area contributed by atoms with Crippen LogP contribution in [0, 0.1) is 16.7 Å². The predicted octanol–water partition coefficient (Wildman–Crippen LogP) is 1.78. The monoisotopic (exact) mass is 230 g/mol. The van der Waals surface area contributed by atoms with Crippen LogP contribution >= 0.6 is 0 Å². The maximum atomic E-state index is 10.0. The van der Waals surface area contributed by atoms with Crippen LogP contribution < -0.4 is 0 Å². The second-order valence-electron chi connectivity index (χ2n) is 5.02. The molecule has 0 radical (unpaired) electrons. The van der Waals surface area contributed by atoms with E-state index in [4.69, 9.17) is 5.26 Å². The van der Waals surface area contributed by atoms with Gasteiger partial charge in [0.15, 0.2) is 0 Å². The van der Waals surface area contributed by atoms with Crippen LogP contribution in [0.4, 0.5) is 0 Å². The SMILES string of the molecule is CC1(C#N)CCN(Cc2ccccc2)CC1O. The lowest BCUT2D eigenvalue weighted by Crippen LogP contribution is -2.48. The minimum atomic E-state index is -0.576. The number of hydrogen-bond acceptors (Lipinski definition) is 3. The van der Waals surface area contributed by atoms with Crippen LogP contribution in [0.1, 0.15) is 18.9 Å². The van der Waals surface area contributed by atoms with Crippen LogP contribution in [0.5, 0.6) is 0 Å². The maximum absolute atomic E-state index is 10.0. The highest BCUT2D eigenvalue weighted by molar-refractivity contribution is 5.15. The number of likely N-dealkylation sites (tertiary alicyclic amines) is 1. The molecule has 1 N–H and O–H groups in total. The summed E-state index contributed by atoms with van der Waals surface area (Å²) in [7, 11) is 0. The van der Waals surface area contributed by atoms with E-state index in [0.29, 0.717) is 6.54 Å². The van der Waals surface area contributed by atoms with Crippen LogP contribution in [0.3, 0.4) is 0 Å². The third kappa shape index (κ3) is 2.66. The fourth-order valence-corrected chi connectivity index (χ4v) is 2.21. The zero-order valence-corrected chi connectivity index (χ0v) is 10.1. The van der Waals surface area contributed by atoms with Crippen molar-refractivity contribution in [2.24, 2.45) is 5.41 Å². The Balaban J connectivity index is 1.97. The lowest BCUT2D eigenvalue weighted by atomic mass is 9.79. The first-order chi connectivity index (χ1) is 8.14. The molecule has 90 valence electrons. The standard InChI is InChI=1S/C14H18N2O/c1-14(11-15)7-8-16(10-13(14)17)9-12-5-3-2-4-6-12/h2-6,13,17H,7-10H2,1H3. The number of piperidine rings is 1. The van der Waals surface area contributed by atoms with Gasteiger partial charge in [0.1, 0.15) is 0 Å². The van der Waals surface area contributed by atoms with E-state index in [1.165, 1.54) is 5.56 Å². The van der Waals surface area contributed by atoms with Gasteiger partial charge in [0.05, 0.1) is 17.6 Å². The van der Waals surface area contributed by atoms with Gasteiger partial charge in [-0.05, 0) is 18.9 Å². The summed E-state index contributed by atoms with van der Waals surface area (Å²) in [6.07, 6.45) is 0.183. The Morgan fingerprint density at radius 2 is 2.18 bits per heavy atom. The molecule has 0 saturated carbocycles. The van der Waals surface area contributed by atoms with Gasteiger partial charge < -0.3 is 5.11 Å². The molecule has 1 saturated heterocycles. The Labute approximate surface area is 102 Å². The first kappa shape index (κ1) is 12.1. The smallest absolute Gasteiger partial charge is 0.0851 e. The molecular formula is C14H18N2O. The minimum Gasteiger partial charge on any atom is -0.390 e. The topological polar surface area (TPSA) is 47.3 Å². The van der Waals surface area contributed by atoms with Gasteiger partial charge in [0, 0.05) is 19.6 Å². The maximum Gasteiger partial charge on any atom is 0.0851 e. The summed E-state index contributed by atoms with van der Waals surface area (Å²) >= 11 is 0. The zero-order chi connectivity index (χ0) is 12.3. The summed E-state index contributed by atoms with van der Waals surface area (Å²) in [6, 6.07) is 12.5. The van der Waals surface area contributed by atoms with Crippen LogP contribution in [-0.2, 0) is 6.54 Å². The van der Waals surface area contributed by atoms with E-state index in [9.17, 15) is 5.11 Å². The molecule has 0 amide bonds. The lowest BCUT2D eigenvalue weighted by molar-refractivity contribution is -0.00809. The van der Waals surface area contributed by atoms with Crippen molar-refractivity contribution < 1.29 is 5.11 Å². The van der Waals surface area contributed by atoms with Crippen LogP contribution in [0.2, 0.25) is 0 Å². The van der Waals surface area contributed by atoms with E-state index in [1.54, 1.807) is 0 Å². The molecule has 0 aromatic heterocycles. The molecule has 2 atom stereocenters. The second-order valence-corrected chi connectivity index (χ2v) is 5.02. The molecule has 1 aromatic rings. The van der Waals surface area contributed by atoms with Crippen molar-refractivity contribution in [2.75, 3.05) is 13.1 Å². The number of β-amino-alcohol motifs (C(OH)–C–C–N with tert-alkyl or cyclic N) is 1. The third-order valence-corrected chi connectivity index (χ3v) is 3.62. The molecule has 2 rings (SSSR count). The summed E-state index contributed by atoms with van der Waals surface area (Å²) in [4.78, 5) is 2.21. The Kier molecular flexibility index (Phi) is 3.46. The lowest BCUT2D eigenvalue weighted by Gasteiger charge is -2.39. The number of nitriles is 1. The highest BCUT2D eigenvalue weighted by Gasteiger charge is 2.38.